The maximum atomic E-state index is 5.91. The van der Waals surface area contributed by atoms with Crippen LogP contribution in [0.3, 0.4) is 0 Å². The van der Waals surface area contributed by atoms with E-state index in [1.165, 1.54) is 0 Å². The van der Waals surface area contributed by atoms with Crippen LogP contribution in [-0.4, -0.2) is 48.1 Å². The van der Waals surface area contributed by atoms with Crippen molar-refractivity contribution in [2.75, 3.05) is 32.1 Å². The molecular formula is C15H24N4S. The van der Waals surface area contributed by atoms with Gasteiger partial charge in [0.05, 0.1) is 5.56 Å². The van der Waals surface area contributed by atoms with Crippen molar-refractivity contribution in [3.63, 3.8) is 0 Å². The second-order valence-corrected chi connectivity index (χ2v) is 6.23. The summed E-state index contributed by atoms with van der Waals surface area (Å²) in [7, 11) is 4.28. The molecule has 0 saturated carbocycles. The highest BCUT2D eigenvalue weighted by atomic mass is 32.1. The first-order chi connectivity index (χ1) is 9.40. The predicted molar refractivity (Wildman–Crippen MR) is 88.5 cm³/mol. The van der Waals surface area contributed by atoms with E-state index in [0.717, 1.165) is 48.6 Å². The van der Waals surface area contributed by atoms with Crippen molar-refractivity contribution in [2.24, 2.45) is 5.73 Å². The zero-order valence-electron chi connectivity index (χ0n) is 12.8. The first kappa shape index (κ1) is 15.2. The van der Waals surface area contributed by atoms with Crippen molar-refractivity contribution >= 4 is 23.0 Å². The van der Waals surface area contributed by atoms with Gasteiger partial charge in [-0.1, -0.05) is 12.2 Å². The van der Waals surface area contributed by atoms with Crippen LogP contribution in [0.1, 0.15) is 29.7 Å². The molecule has 0 bridgehead atoms. The number of hydrogen-bond donors (Lipinski definition) is 1. The molecule has 0 unspecified atom stereocenters. The summed E-state index contributed by atoms with van der Waals surface area (Å²) in [5, 5.41) is 0. The van der Waals surface area contributed by atoms with E-state index in [1.807, 2.05) is 13.0 Å². The van der Waals surface area contributed by atoms with Crippen LogP contribution in [-0.2, 0) is 0 Å². The molecule has 5 heteroatoms. The van der Waals surface area contributed by atoms with E-state index in [-0.39, 0.29) is 0 Å². The average molecular weight is 292 g/mol. The molecule has 0 aliphatic carbocycles. The molecule has 1 aromatic heterocycles. The summed E-state index contributed by atoms with van der Waals surface area (Å²) in [4.78, 5) is 9.76. The average Bonchev–Trinajstić information content (AvgIpc) is 2.37. The van der Waals surface area contributed by atoms with Gasteiger partial charge < -0.3 is 15.5 Å². The number of likely N-dealkylation sites (tertiary alicyclic amines) is 1. The molecular weight excluding hydrogens is 268 g/mol. The van der Waals surface area contributed by atoms with Gasteiger partial charge in [-0.2, -0.15) is 0 Å². The number of aryl methyl sites for hydroxylation is 2. The van der Waals surface area contributed by atoms with Crippen molar-refractivity contribution in [1.29, 1.82) is 0 Å². The number of nitrogens with two attached hydrogens (primary N) is 1. The molecule has 4 nitrogen and oxygen atoms in total. The molecule has 0 spiro atoms. The number of anilines is 1. The lowest BCUT2D eigenvalue weighted by Crippen LogP contribution is -2.43. The third-order valence-corrected chi connectivity index (χ3v) is 4.35. The molecule has 20 heavy (non-hydrogen) atoms. The smallest absolute Gasteiger partial charge is 0.139 e. The normalized spacial score (nSPS) is 17.2. The number of nitrogens with zero attached hydrogens (tertiary/aromatic N) is 3. The third kappa shape index (κ3) is 3.10. The quantitative estimate of drug-likeness (QED) is 0.862. The minimum atomic E-state index is 0.435. The SMILES string of the molecule is Cc1cc(C)c(C(N)=S)c(N(C)C2CCN(C)CC2)n1. The van der Waals surface area contributed by atoms with Gasteiger partial charge in [0.1, 0.15) is 10.8 Å². The highest BCUT2D eigenvalue weighted by Crippen LogP contribution is 2.26. The minimum absolute atomic E-state index is 0.435. The number of hydrogen-bond acceptors (Lipinski definition) is 4. The number of rotatable bonds is 3. The molecule has 1 aliphatic rings. The van der Waals surface area contributed by atoms with Crippen LogP contribution < -0.4 is 10.6 Å². The Kier molecular flexibility index (Phi) is 4.60. The summed E-state index contributed by atoms with van der Waals surface area (Å²) in [6, 6.07) is 2.55. The van der Waals surface area contributed by atoms with Crippen molar-refractivity contribution in [3.05, 3.63) is 22.9 Å². The summed E-state index contributed by atoms with van der Waals surface area (Å²) in [5.74, 6) is 0.935. The van der Waals surface area contributed by atoms with Crippen LogP contribution in [0, 0.1) is 13.8 Å². The van der Waals surface area contributed by atoms with Gasteiger partial charge in [-0.3, -0.25) is 0 Å². The van der Waals surface area contributed by atoms with Gasteiger partial charge in [0.2, 0.25) is 0 Å². The standard InChI is InChI=1S/C15H24N4S/c1-10-9-11(2)17-15(13(10)14(16)20)19(4)12-5-7-18(3)8-6-12/h9,12H,5-8H2,1-4H3,(H2,16,20). The molecule has 2 N–H and O–H groups in total. The third-order valence-electron chi connectivity index (χ3n) is 4.14. The molecule has 110 valence electrons. The fourth-order valence-electron chi connectivity index (χ4n) is 2.93. The zero-order valence-corrected chi connectivity index (χ0v) is 13.6. The van der Waals surface area contributed by atoms with Crippen LogP contribution in [0.25, 0.3) is 0 Å². The first-order valence-electron chi connectivity index (χ1n) is 7.09. The van der Waals surface area contributed by atoms with Crippen LogP contribution >= 0.6 is 12.2 Å². The van der Waals surface area contributed by atoms with Gasteiger partial charge >= 0.3 is 0 Å². The van der Waals surface area contributed by atoms with E-state index in [9.17, 15) is 0 Å². The van der Waals surface area contributed by atoms with Crippen molar-refractivity contribution in [3.8, 4) is 0 Å². The second-order valence-electron chi connectivity index (χ2n) is 5.79. The predicted octanol–water partition coefficient (Wildman–Crippen LogP) is 1.86. The number of pyridine rings is 1. The zero-order chi connectivity index (χ0) is 14.9. The molecule has 2 heterocycles. The van der Waals surface area contributed by atoms with Gasteiger partial charge in [0.25, 0.3) is 0 Å². The Hall–Kier alpha value is -1.20. The van der Waals surface area contributed by atoms with Gasteiger partial charge in [-0.05, 0) is 58.5 Å². The summed E-state index contributed by atoms with van der Waals surface area (Å²) in [6.45, 7) is 6.32. The Labute approximate surface area is 127 Å². The molecule has 1 saturated heterocycles. The molecule has 0 aromatic carbocycles. The van der Waals surface area contributed by atoms with E-state index in [2.05, 4.69) is 30.8 Å². The Balaban J connectivity index is 2.33. The topological polar surface area (TPSA) is 45.4 Å². The Morgan fingerprint density at radius 2 is 2.00 bits per heavy atom. The van der Waals surface area contributed by atoms with E-state index >= 15 is 0 Å². The summed E-state index contributed by atoms with van der Waals surface area (Å²) in [6.07, 6.45) is 2.30. The lowest BCUT2D eigenvalue weighted by Gasteiger charge is -2.36. The molecule has 1 aromatic rings. The largest absolute Gasteiger partial charge is 0.389 e. The Morgan fingerprint density at radius 3 is 2.55 bits per heavy atom. The molecule has 1 aliphatic heterocycles. The van der Waals surface area contributed by atoms with E-state index in [0.29, 0.717) is 11.0 Å². The van der Waals surface area contributed by atoms with Crippen molar-refractivity contribution in [1.82, 2.24) is 9.88 Å². The molecule has 1 fully saturated rings. The van der Waals surface area contributed by atoms with Crippen LogP contribution in [0.2, 0.25) is 0 Å². The lowest BCUT2D eigenvalue weighted by molar-refractivity contribution is 0.252. The molecule has 0 atom stereocenters. The Bertz CT molecular complexity index is 507. The summed E-state index contributed by atoms with van der Waals surface area (Å²) < 4.78 is 0. The van der Waals surface area contributed by atoms with Gasteiger partial charge in [-0.15, -0.1) is 0 Å². The maximum Gasteiger partial charge on any atom is 0.139 e. The summed E-state index contributed by atoms with van der Waals surface area (Å²) in [5.41, 5.74) is 8.96. The monoisotopic (exact) mass is 292 g/mol. The van der Waals surface area contributed by atoms with Crippen LogP contribution in [0.5, 0.6) is 0 Å². The summed E-state index contributed by atoms with van der Waals surface area (Å²) >= 11 is 5.22. The van der Waals surface area contributed by atoms with Crippen LogP contribution in [0.4, 0.5) is 5.82 Å². The number of piperidine rings is 1. The van der Waals surface area contributed by atoms with E-state index < -0.39 is 0 Å². The van der Waals surface area contributed by atoms with Crippen molar-refractivity contribution < 1.29 is 0 Å². The maximum absolute atomic E-state index is 5.91. The first-order valence-corrected chi connectivity index (χ1v) is 7.50. The van der Waals surface area contributed by atoms with E-state index in [4.69, 9.17) is 22.9 Å². The fourth-order valence-corrected chi connectivity index (χ4v) is 3.18. The molecule has 0 amide bonds. The number of aromatic nitrogens is 1. The second kappa shape index (κ2) is 6.06. The molecule has 0 radical (unpaired) electrons. The minimum Gasteiger partial charge on any atom is -0.389 e. The number of thiocarbonyl (C=S) groups is 1. The molecule has 2 rings (SSSR count). The van der Waals surface area contributed by atoms with Crippen LogP contribution in [0.15, 0.2) is 6.07 Å². The van der Waals surface area contributed by atoms with E-state index in [1.54, 1.807) is 0 Å². The highest BCUT2D eigenvalue weighted by molar-refractivity contribution is 7.80. The fraction of sp³-hybridized carbons (Fsp3) is 0.600. The van der Waals surface area contributed by atoms with Crippen molar-refractivity contribution in [2.45, 2.75) is 32.7 Å². The van der Waals surface area contributed by atoms with Gasteiger partial charge in [0, 0.05) is 18.8 Å². The van der Waals surface area contributed by atoms with Gasteiger partial charge in [-0.25, -0.2) is 4.98 Å². The lowest BCUT2D eigenvalue weighted by atomic mass is 10.0. The van der Waals surface area contributed by atoms with Gasteiger partial charge in [0.15, 0.2) is 0 Å². The Morgan fingerprint density at radius 1 is 1.40 bits per heavy atom. The highest BCUT2D eigenvalue weighted by Gasteiger charge is 2.24.